The van der Waals surface area contributed by atoms with E-state index in [1.165, 1.54) is 0 Å². The number of rotatable bonds is 6. The third-order valence-corrected chi connectivity index (χ3v) is 2.33. The van der Waals surface area contributed by atoms with Gasteiger partial charge in [-0.25, -0.2) is 0 Å². The van der Waals surface area contributed by atoms with E-state index in [1.54, 1.807) is 19.1 Å². The third-order valence-electron chi connectivity index (χ3n) is 2.02. The summed E-state index contributed by atoms with van der Waals surface area (Å²) < 4.78 is 5.38. The van der Waals surface area contributed by atoms with Gasteiger partial charge in [-0.15, -0.1) is 0 Å². The first-order valence-electron chi connectivity index (χ1n) is 4.95. The van der Waals surface area contributed by atoms with Crippen molar-refractivity contribution >= 4 is 17.6 Å². The van der Waals surface area contributed by atoms with Crippen molar-refractivity contribution in [1.29, 1.82) is 0 Å². The molecular weight excluding hydrogens is 230 g/mol. The van der Waals surface area contributed by atoms with E-state index in [-0.39, 0.29) is 0 Å². The maximum absolute atomic E-state index is 10.5. The Bertz CT molecular complexity index is 357. The summed E-state index contributed by atoms with van der Waals surface area (Å²) >= 11 is 5.88. The number of nitrogens with one attached hydrogen (secondary N) is 1. The molecule has 0 aliphatic carbocycles. The molecule has 0 saturated heterocycles. The quantitative estimate of drug-likeness (QED) is 0.748. The van der Waals surface area contributed by atoms with Crippen molar-refractivity contribution in [2.75, 3.05) is 13.2 Å². The van der Waals surface area contributed by atoms with E-state index in [4.69, 9.17) is 21.4 Å². The van der Waals surface area contributed by atoms with Crippen molar-refractivity contribution in [3.8, 4) is 5.75 Å². The van der Waals surface area contributed by atoms with Gasteiger partial charge < -0.3 is 15.2 Å². The van der Waals surface area contributed by atoms with Crippen molar-refractivity contribution in [1.82, 2.24) is 5.32 Å². The van der Waals surface area contributed by atoms with Crippen LogP contribution in [0.2, 0.25) is 5.02 Å². The molecule has 88 valence electrons. The summed E-state index contributed by atoms with van der Waals surface area (Å²) in [6.45, 7) is 2.41. The lowest BCUT2D eigenvalue weighted by molar-refractivity contribution is -0.139. The molecule has 1 aromatic carbocycles. The highest BCUT2D eigenvalue weighted by molar-refractivity contribution is 6.32. The second-order valence-corrected chi connectivity index (χ2v) is 3.70. The maximum Gasteiger partial charge on any atom is 0.320 e. The number of hydrogen-bond donors (Lipinski definition) is 2. The Morgan fingerprint density at radius 1 is 1.56 bits per heavy atom. The predicted molar refractivity (Wildman–Crippen MR) is 62.0 cm³/mol. The smallest absolute Gasteiger partial charge is 0.320 e. The van der Waals surface area contributed by atoms with Crippen LogP contribution in [0.15, 0.2) is 24.3 Å². The molecule has 1 atom stereocenters. The number of halogens is 1. The summed E-state index contributed by atoms with van der Waals surface area (Å²) in [5.74, 6) is -0.272. The van der Waals surface area contributed by atoms with Crippen LogP contribution in [-0.4, -0.2) is 30.3 Å². The number of hydrogen-bond acceptors (Lipinski definition) is 3. The summed E-state index contributed by atoms with van der Waals surface area (Å²) in [7, 11) is 0. The molecule has 5 heteroatoms. The van der Waals surface area contributed by atoms with Crippen molar-refractivity contribution in [3.63, 3.8) is 0 Å². The van der Waals surface area contributed by atoms with E-state index in [9.17, 15) is 4.79 Å². The van der Waals surface area contributed by atoms with Crippen molar-refractivity contribution < 1.29 is 14.6 Å². The zero-order chi connectivity index (χ0) is 12.0. The van der Waals surface area contributed by atoms with Gasteiger partial charge in [-0.05, 0) is 19.1 Å². The molecule has 0 spiro atoms. The Labute approximate surface area is 99.2 Å². The topological polar surface area (TPSA) is 58.6 Å². The van der Waals surface area contributed by atoms with E-state index >= 15 is 0 Å². The van der Waals surface area contributed by atoms with E-state index in [0.717, 1.165) is 0 Å². The lowest BCUT2D eigenvalue weighted by atomic mass is 10.3. The van der Waals surface area contributed by atoms with Crippen LogP contribution in [0.4, 0.5) is 0 Å². The Morgan fingerprint density at radius 2 is 2.25 bits per heavy atom. The van der Waals surface area contributed by atoms with Crippen molar-refractivity contribution in [2.24, 2.45) is 0 Å². The molecule has 1 rings (SSSR count). The van der Waals surface area contributed by atoms with Crippen molar-refractivity contribution in [3.05, 3.63) is 29.3 Å². The summed E-state index contributed by atoms with van der Waals surface area (Å²) in [5.41, 5.74) is 0. The number of carboxylic acids is 1. The number of ether oxygens (including phenoxy) is 1. The summed E-state index contributed by atoms with van der Waals surface area (Å²) in [6, 6.07) is 6.58. The zero-order valence-corrected chi connectivity index (χ0v) is 9.70. The highest BCUT2D eigenvalue weighted by atomic mass is 35.5. The van der Waals surface area contributed by atoms with Crippen LogP contribution < -0.4 is 10.1 Å². The highest BCUT2D eigenvalue weighted by Gasteiger charge is 2.08. The van der Waals surface area contributed by atoms with Gasteiger partial charge in [0.1, 0.15) is 18.4 Å². The van der Waals surface area contributed by atoms with Gasteiger partial charge in [-0.1, -0.05) is 23.7 Å². The standard InChI is InChI=1S/C11H14ClNO3/c1-8(11(14)15)13-6-7-16-10-5-3-2-4-9(10)12/h2-5,8,13H,6-7H2,1H3,(H,14,15). The Hall–Kier alpha value is -1.26. The predicted octanol–water partition coefficient (Wildman–Crippen LogP) is 1.78. The van der Waals surface area contributed by atoms with E-state index < -0.39 is 12.0 Å². The van der Waals surface area contributed by atoms with Gasteiger partial charge in [0.15, 0.2) is 0 Å². The molecule has 0 amide bonds. The van der Waals surface area contributed by atoms with Gasteiger partial charge in [0.25, 0.3) is 0 Å². The molecule has 0 heterocycles. The summed E-state index contributed by atoms with van der Waals surface area (Å²) in [5, 5.41) is 12.0. The fourth-order valence-corrected chi connectivity index (χ4v) is 1.28. The Kier molecular flexibility index (Phi) is 5.08. The first-order chi connectivity index (χ1) is 7.61. The first-order valence-corrected chi connectivity index (χ1v) is 5.32. The number of benzene rings is 1. The SMILES string of the molecule is CC(NCCOc1ccccc1Cl)C(=O)O. The highest BCUT2D eigenvalue weighted by Crippen LogP contribution is 2.22. The average Bonchev–Trinajstić information content (AvgIpc) is 2.26. The molecule has 16 heavy (non-hydrogen) atoms. The van der Waals surface area contributed by atoms with Gasteiger partial charge in [0.05, 0.1) is 5.02 Å². The minimum absolute atomic E-state index is 0.376. The minimum atomic E-state index is -0.877. The second kappa shape index (κ2) is 6.35. The fraction of sp³-hybridized carbons (Fsp3) is 0.364. The summed E-state index contributed by atoms with van der Waals surface area (Å²) in [6.07, 6.45) is 0. The van der Waals surface area contributed by atoms with Gasteiger partial charge in [0.2, 0.25) is 0 Å². The monoisotopic (exact) mass is 243 g/mol. The fourth-order valence-electron chi connectivity index (χ4n) is 1.09. The van der Waals surface area contributed by atoms with Crippen LogP contribution in [0.1, 0.15) is 6.92 Å². The molecule has 0 aliphatic heterocycles. The number of carbonyl (C=O) groups is 1. The Morgan fingerprint density at radius 3 is 2.88 bits per heavy atom. The first kappa shape index (κ1) is 12.8. The molecular formula is C11H14ClNO3. The largest absolute Gasteiger partial charge is 0.491 e. The van der Waals surface area contributed by atoms with Gasteiger partial charge in [-0.3, -0.25) is 4.79 Å². The van der Waals surface area contributed by atoms with Crippen LogP contribution in [0.5, 0.6) is 5.75 Å². The van der Waals surface area contributed by atoms with Crippen LogP contribution in [0, 0.1) is 0 Å². The van der Waals surface area contributed by atoms with Crippen molar-refractivity contribution in [2.45, 2.75) is 13.0 Å². The molecule has 0 aliphatic rings. The molecule has 2 N–H and O–H groups in total. The number of para-hydroxylation sites is 1. The normalized spacial score (nSPS) is 12.1. The molecule has 0 radical (unpaired) electrons. The van der Waals surface area contributed by atoms with Crippen LogP contribution in [-0.2, 0) is 4.79 Å². The molecule has 0 bridgehead atoms. The lowest BCUT2D eigenvalue weighted by Crippen LogP contribution is -2.36. The second-order valence-electron chi connectivity index (χ2n) is 3.29. The van der Waals surface area contributed by atoms with Crippen LogP contribution >= 0.6 is 11.6 Å². The zero-order valence-electron chi connectivity index (χ0n) is 8.94. The molecule has 0 fully saturated rings. The number of carboxylic acid groups (broad SMARTS) is 1. The van der Waals surface area contributed by atoms with Crippen LogP contribution in [0.3, 0.4) is 0 Å². The third kappa shape index (κ3) is 4.08. The molecule has 0 aromatic heterocycles. The molecule has 4 nitrogen and oxygen atoms in total. The molecule has 1 aromatic rings. The minimum Gasteiger partial charge on any atom is -0.491 e. The molecule has 0 saturated carbocycles. The lowest BCUT2D eigenvalue weighted by Gasteiger charge is -2.10. The molecule has 1 unspecified atom stereocenters. The Balaban J connectivity index is 2.26. The summed E-state index contributed by atoms with van der Waals surface area (Å²) in [4.78, 5) is 10.5. The maximum atomic E-state index is 10.5. The van der Waals surface area contributed by atoms with Gasteiger partial charge in [0, 0.05) is 6.54 Å². The van der Waals surface area contributed by atoms with Gasteiger partial charge >= 0.3 is 5.97 Å². The van der Waals surface area contributed by atoms with E-state index in [1.807, 2.05) is 12.1 Å². The average molecular weight is 244 g/mol. The van der Waals surface area contributed by atoms with E-state index in [0.29, 0.717) is 23.9 Å². The van der Waals surface area contributed by atoms with Gasteiger partial charge in [-0.2, -0.15) is 0 Å². The number of aliphatic carboxylic acids is 1. The van der Waals surface area contributed by atoms with Crippen LogP contribution in [0.25, 0.3) is 0 Å². The van der Waals surface area contributed by atoms with E-state index in [2.05, 4.69) is 5.32 Å².